The lowest BCUT2D eigenvalue weighted by molar-refractivity contribution is 0.0325. The lowest BCUT2D eigenvalue weighted by atomic mass is 9.98. The Morgan fingerprint density at radius 2 is 1.94 bits per heavy atom. The van der Waals surface area contributed by atoms with E-state index in [0.717, 1.165) is 31.9 Å². The Hall–Kier alpha value is 0.0569. The van der Waals surface area contributed by atoms with Crippen molar-refractivity contribution in [2.45, 2.75) is 56.6 Å². The van der Waals surface area contributed by atoms with Crippen LogP contribution in [0.25, 0.3) is 0 Å². The zero-order valence-electron chi connectivity index (χ0n) is 11.1. The summed E-state index contributed by atoms with van der Waals surface area (Å²) in [5.41, 5.74) is 0. The van der Waals surface area contributed by atoms with E-state index in [-0.39, 0.29) is 0 Å². The first-order valence-corrected chi connectivity index (χ1v) is 9.06. The standard InChI is InChI=1S/C12H24O4Si/c1-13-17(3,14-2)8-4-7-15-10-5-6-11-12(9-10)16-11/h10-12H,4-9H2,1-3H3. The molecule has 2 aliphatic rings. The number of fused-ring (bicyclic) bond motifs is 1. The predicted octanol–water partition coefficient (Wildman–Crippen LogP) is 2.08. The highest BCUT2D eigenvalue weighted by molar-refractivity contribution is 6.65. The van der Waals surface area contributed by atoms with Crippen LogP contribution in [0.3, 0.4) is 0 Å². The van der Waals surface area contributed by atoms with Crippen LogP contribution in [0.1, 0.15) is 25.7 Å². The van der Waals surface area contributed by atoms with Gasteiger partial charge in [0.2, 0.25) is 0 Å². The van der Waals surface area contributed by atoms with E-state index >= 15 is 0 Å². The Morgan fingerprint density at radius 3 is 2.59 bits per heavy atom. The average molecular weight is 260 g/mol. The second-order valence-corrected chi connectivity index (χ2v) is 8.75. The van der Waals surface area contributed by atoms with E-state index in [1.165, 1.54) is 6.42 Å². The van der Waals surface area contributed by atoms with Crippen molar-refractivity contribution in [3.63, 3.8) is 0 Å². The first-order valence-electron chi connectivity index (χ1n) is 6.54. The molecule has 5 heteroatoms. The van der Waals surface area contributed by atoms with Gasteiger partial charge in [0.15, 0.2) is 0 Å². The molecule has 0 bridgehead atoms. The minimum Gasteiger partial charge on any atom is -0.398 e. The quantitative estimate of drug-likeness (QED) is 0.399. The maximum atomic E-state index is 5.90. The van der Waals surface area contributed by atoms with E-state index in [1.54, 1.807) is 14.2 Å². The van der Waals surface area contributed by atoms with Gasteiger partial charge in [-0.1, -0.05) is 0 Å². The van der Waals surface area contributed by atoms with Crippen LogP contribution in [0, 0.1) is 0 Å². The maximum Gasteiger partial charge on any atom is 0.334 e. The molecule has 0 amide bonds. The molecule has 3 unspecified atom stereocenters. The van der Waals surface area contributed by atoms with Gasteiger partial charge in [0.25, 0.3) is 0 Å². The van der Waals surface area contributed by atoms with Crippen LogP contribution in [0.4, 0.5) is 0 Å². The largest absolute Gasteiger partial charge is 0.398 e. The van der Waals surface area contributed by atoms with Crippen LogP contribution in [-0.2, 0) is 18.3 Å². The van der Waals surface area contributed by atoms with Crippen LogP contribution in [0.5, 0.6) is 0 Å². The molecule has 3 atom stereocenters. The smallest absolute Gasteiger partial charge is 0.334 e. The second kappa shape index (κ2) is 5.80. The SMILES string of the molecule is CO[Si](C)(CCCOC1CCC2OC2C1)OC. The fourth-order valence-electron chi connectivity index (χ4n) is 2.45. The molecule has 0 spiro atoms. The van der Waals surface area contributed by atoms with Crippen molar-refractivity contribution >= 4 is 8.56 Å². The summed E-state index contributed by atoms with van der Waals surface area (Å²) in [6.45, 7) is 2.91. The van der Waals surface area contributed by atoms with Gasteiger partial charge in [-0.3, -0.25) is 0 Å². The minimum atomic E-state index is -1.89. The predicted molar refractivity (Wildman–Crippen MR) is 67.3 cm³/mol. The zero-order valence-corrected chi connectivity index (χ0v) is 12.1. The molecule has 1 saturated heterocycles. The Morgan fingerprint density at radius 1 is 1.18 bits per heavy atom. The van der Waals surface area contributed by atoms with Crippen molar-refractivity contribution in [3.05, 3.63) is 0 Å². The highest BCUT2D eigenvalue weighted by Gasteiger charge is 2.44. The molecule has 1 heterocycles. The van der Waals surface area contributed by atoms with Gasteiger partial charge in [0.05, 0.1) is 18.3 Å². The average Bonchev–Trinajstić information content (AvgIpc) is 3.12. The molecule has 17 heavy (non-hydrogen) atoms. The number of rotatable bonds is 7. The molecule has 2 fully saturated rings. The summed E-state index contributed by atoms with van der Waals surface area (Å²) < 4.78 is 22.3. The number of ether oxygens (including phenoxy) is 2. The molecule has 100 valence electrons. The summed E-state index contributed by atoms with van der Waals surface area (Å²) in [5, 5.41) is 0. The first kappa shape index (κ1) is 13.5. The molecule has 1 saturated carbocycles. The molecule has 1 aliphatic carbocycles. The van der Waals surface area contributed by atoms with Gasteiger partial charge in [-0.15, -0.1) is 0 Å². The van der Waals surface area contributed by atoms with Crippen LogP contribution >= 0.6 is 0 Å². The van der Waals surface area contributed by atoms with Crippen LogP contribution < -0.4 is 0 Å². The van der Waals surface area contributed by atoms with E-state index in [0.29, 0.717) is 18.3 Å². The molecule has 0 aromatic carbocycles. The van der Waals surface area contributed by atoms with E-state index in [2.05, 4.69) is 6.55 Å². The summed E-state index contributed by atoms with van der Waals surface area (Å²) in [5.74, 6) is 0. The molecule has 0 aromatic rings. The number of hydrogen-bond acceptors (Lipinski definition) is 4. The molecule has 0 aromatic heterocycles. The Kier molecular flexibility index (Phi) is 4.60. The third kappa shape index (κ3) is 3.76. The summed E-state index contributed by atoms with van der Waals surface area (Å²) >= 11 is 0. The fourth-order valence-corrected chi connectivity index (χ4v) is 3.81. The van der Waals surface area contributed by atoms with Crippen molar-refractivity contribution in [2.75, 3.05) is 20.8 Å². The van der Waals surface area contributed by atoms with Gasteiger partial charge in [-0.2, -0.15) is 0 Å². The van der Waals surface area contributed by atoms with Crippen molar-refractivity contribution in [1.29, 1.82) is 0 Å². The molecular weight excluding hydrogens is 236 g/mol. The molecular formula is C12H24O4Si. The molecule has 1 aliphatic heterocycles. The Bertz CT molecular complexity index is 245. The summed E-state index contributed by atoms with van der Waals surface area (Å²) in [7, 11) is 1.58. The normalized spacial score (nSPS) is 32.3. The van der Waals surface area contributed by atoms with Crippen LogP contribution in [0.15, 0.2) is 0 Å². The summed E-state index contributed by atoms with van der Waals surface area (Å²) in [6.07, 6.45) is 5.93. The van der Waals surface area contributed by atoms with E-state index in [9.17, 15) is 0 Å². The molecule has 0 N–H and O–H groups in total. The highest BCUT2D eigenvalue weighted by Crippen LogP contribution is 2.37. The molecule has 2 rings (SSSR count). The zero-order chi connectivity index (χ0) is 12.3. The number of epoxide rings is 1. The Labute approximate surface area is 105 Å². The minimum absolute atomic E-state index is 0.414. The van der Waals surface area contributed by atoms with Gasteiger partial charge in [0, 0.05) is 27.2 Å². The first-order chi connectivity index (χ1) is 8.17. The number of hydrogen-bond donors (Lipinski definition) is 0. The molecule has 4 nitrogen and oxygen atoms in total. The monoisotopic (exact) mass is 260 g/mol. The van der Waals surface area contributed by atoms with Crippen LogP contribution in [0.2, 0.25) is 12.6 Å². The van der Waals surface area contributed by atoms with E-state index in [1.807, 2.05) is 0 Å². The Balaban J connectivity index is 1.56. The molecule has 0 radical (unpaired) electrons. The summed E-state index contributed by atoms with van der Waals surface area (Å²) in [4.78, 5) is 0. The van der Waals surface area contributed by atoms with Crippen LogP contribution in [-0.4, -0.2) is 47.7 Å². The van der Waals surface area contributed by atoms with Gasteiger partial charge in [-0.05, 0) is 31.9 Å². The lowest BCUT2D eigenvalue weighted by Gasteiger charge is -2.24. The highest BCUT2D eigenvalue weighted by atomic mass is 28.4. The van der Waals surface area contributed by atoms with Gasteiger partial charge < -0.3 is 18.3 Å². The third-order valence-electron chi connectivity index (χ3n) is 3.95. The fraction of sp³-hybridized carbons (Fsp3) is 1.00. The summed E-state index contributed by atoms with van der Waals surface area (Å²) in [6, 6.07) is 0.995. The van der Waals surface area contributed by atoms with Crippen molar-refractivity contribution < 1.29 is 18.3 Å². The van der Waals surface area contributed by atoms with Gasteiger partial charge in [0.1, 0.15) is 0 Å². The van der Waals surface area contributed by atoms with Crippen molar-refractivity contribution in [2.24, 2.45) is 0 Å². The third-order valence-corrected chi connectivity index (χ3v) is 6.94. The lowest BCUT2D eigenvalue weighted by Crippen LogP contribution is -2.36. The topological polar surface area (TPSA) is 40.2 Å². The van der Waals surface area contributed by atoms with Crippen molar-refractivity contribution in [3.8, 4) is 0 Å². The van der Waals surface area contributed by atoms with E-state index < -0.39 is 8.56 Å². The second-order valence-electron chi connectivity index (χ2n) is 5.16. The maximum absolute atomic E-state index is 5.90. The van der Waals surface area contributed by atoms with E-state index in [4.69, 9.17) is 18.3 Å². The van der Waals surface area contributed by atoms with Gasteiger partial charge >= 0.3 is 8.56 Å². The van der Waals surface area contributed by atoms with Crippen molar-refractivity contribution in [1.82, 2.24) is 0 Å². The van der Waals surface area contributed by atoms with Gasteiger partial charge in [-0.25, -0.2) is 0 Å².